The van der Waals surface area contributed by atoms with Crippen LogP contribution in [0.25, 0.3) is 0 Å². The summed E-state index contributed by atoms with van der Waals surface area (Å²) in [5.41, 5.74) is 7.03. The molecule has 0 aromatic heterocycles. The van der Waals surface area contributed by atoms with Gasteiger partial charge in [-0.05, 0) is 30.0 Å². The Kier molecular flexibility index (Phi) is 8.00. The zero-order valence-corrected chi connectivity index (χ0v) is 17.5. The minimum Gasteiger partial charge on any atom is -0.391 e. The van der Waals surface area contributed by atoms with Crippen LogP contribution in [0.15, 0.2) is 24.3 Å². The lowest BCUT2D eigenvalue weighted by atomic mass is 9.86. The van der Waals surface area contributed by atoms with E-state index in [9.17, 15) is 14.7 Å². The van der Waals surface area contributed by atoms with Gasteiger partial charge in [0.1, 0.15) is 6.04 Å². The average Bonchev–Trinajstić information content (AvgIpc) is 3.01. The second-order valence-corrected chi connectivity index (χ2v) is 8.20. The van der Waals surface area contributed by atoms with Gasteiger partial charge in [-0.2, -0.15) is 5.26 Å². The van der Waals surface area contributed by atoms with Crippen molar-refractivity contribution in [2.75, 3.05) is 6.54 Å². The largest absolute Gasteiger partial charge is 0.391 e. The van der Waals surface area contributed by atoms with Crippen molar-refractivity contribution in [2.45, 2.75) is 58.3 Å². The Bertz CT molecular complexity index is 739. The molecule has 0 spiro atoms. The quantitative estimate of drug-likeness (QED) is 0.697. The van der Waals surface area contributed by atoms with E-state index in [0.717, 1.165) is 5.56 Å². The lowest BCUT2D eigenvalue weighted by Crippen LogP contribution is -2.55. The highest BCUT2D eigenvalue weighted by molar-refractivity contribution is 5.91. The van der Waals surface area contributed by atoms with Gasteiger partial charge >= 0.3 is 0 Å². The molecule has 154 valence electrons. The Morgan fingerprint density at radius 1 is 1.32 bits per heavy atom. The van der Waals surface area contributed by atoms with E-state index in [1.54, 1.807) is 24.3 Å². The molecule has 1 saturated heterocycles. The number of nitrogens with zero attached hydrogens (tertiary/aromatic N) is 2. The first-order valence-corrected chi connectivity index (χ1v) is 9.09. The molecule has 0 saturated carbocycles. The Labute approximate surface area is 172 Å². The summed E-state index contributed by atoms with van der Waals surface area (Å²) < 4.78 is 0. The highest BCUT2D eigenvalue weighted by atomic mass is 35.5. The van der Waals surface area contributed by atoms with E-state index >= 15 is 0 Å². The number of nitriles is 1. The summed E-state index contributed by atoms with van der Waals surface area (Å²) in [6, 6.07) is 7.20. The monoisotopic (exact) mass is 408 g/mol. The van der Waals surface area contributed by atoms with Gasteiger partial charge in [0.05, 0.1) is 29.8 Å². The van der Waals surface area contributed by atoms with Crippen molar-refractivity contribution in [3.05, 3.63) is 35.4 Å². The van der Waals surface area contributed by atoms with Crippen LogP contribution in [0.4, 0.5) is 0 Å². The van der Waals surface area contributed by atoms with E-state index in [0.29, 0.717) is 5.56 Å². The summed E-state index contributed by atoms with van der Waals surface area (Å²) in [5, 5.41) is 21.8. The third-order valence-electron chi connectivity index (χ3n) is 4.96. The standard InChI is InChI=1S/C20H28N4O3.ClH/c1-12(14-7-5-13(10-21)6-8-14)23-18(26)16-9-15(25)11-24(16)19(27)17(22)20(2,3)4;/h5-8,12,15-17,25H,9,11,22H2,1-4H3,(H,23,26);1H/t12?,15?,16?,17-;/m1./s1. The summed E-state index contributed by atoms with van der Waals surface area (Å²) in [6.07, 6.45) is -0.559. The number of β-amino-alcohol motifs (C(OH)–C–C–N with tert-alkyl or cyclic N) is 1. The van der Waals surface area contributed by atoms with Crippen molar-refractivity contribution in [1.82, 2.24) is 10.2 Å². The molecule has 0 bridgehead atoms. The molecule has 1 heterocycles. The van der Waals surface area contributed by atoms with Crippen LogP contribution in [-0.4, -0.2) is 46.6 Å². The molecule has 7 nitrogen and oxygen atoms in total. The van der Waals surface area contributed by atoms with Crippen molar-refractivity contribution < 1.29 is 14.7 Å². The summed E-state index contributed by atoms with van der Waals surface area (Å²) in [5.74, 6) is -0.650. The molecule has 1 aromatic carbocycles. The van der Waals surface area contributed by atoms with Gasteiger partial charge in [-0.3, -0.25) is 9.59 Å². The van der Waals surface area contributed by atoms with Crippen LogP contribution < -0.4 is 11.1 Å². The first kappa shape index (κ1) is 23.9. The van der Waals surface area contributed by atoms with Crippen LogP contribution in [0.2, 0.25) is 0 Å². The fourth-order valence-corrected chi connectivity index (χ4v) is 3.09. The molecule has 2 amide bonds. The normalized spacial score (nSPS) is 21.2. The number of nitrogens with two attached hydrogens (primary N) is 1. The van der Waals surface area contributed by atoms with Gasteiger partial charge < -0.3 is 21.1 Å². The minimum absolute atomic E-state index is 0. The van der Waals surface area contributed by atoms with E-state index < -0.39 is 23.6 Å². The van der Waals surface area contributed by atoms with Gasteiger partial charge in [-0.15, -0.1) is 12.4 Å². The van der Waals surface area contributed by atoms with Crippen molar-refractivity contribution in [3.63, 3.8) is 0 Å². The third kappa shape index (κ3) is 5.44. The fourth-order valence-electron chi connectivity index (χ4n) is 3.09. The first-order chi connectivity index (χ1) is 12.5. The number of nitrogens with one attached hydrogen (secondary N) is 1. The Morgan fingerprint density at radius 3 is 2.39 bits per heavy atom. The summed E-state index contributed by atoms with van der Waals surface area (Å²) >= 11 is 0. The highest BCUT2D eigenvalue weighted by Crippen LogP contribution is 2.25. The molecule has 1 aliphatic heterocycles. The average molecular weight is 409 g/mol. The maximum Gasteiger partial charge on any atom is 0.243 e. The summed E-state index contributed by atoms with van der Waals surface area (Å²) in [7, 11) is 0. The number of likely N-dealkylation sites (tertiary alicyclic amines) is 1. The third-order valence-corrected chi connectivity index (χ3v) is 4.96. The Hall–Kier alpha value is -2.14. The molecular formula is C20H29ClN4O3. The van der Waals surface area contributed by atoms with Crippen LogP contribution in [0.3, 0.4) is 0 Å². The zero-order valence-electron chi connectivity index (χ0n) is 16.7. The van der Waals surface area contributed by atoms with Crippen LogP contribution in [0, 0.1) is 16.7 Å². The number of hydrogen-bond acceptors (Lipinski definition) is 5. The number of amides is 2. The van der Waals surface area contributed by atoms with E-state index in [1.165, 1.54) is 4.90 Å². The van der Waals surface area contributed by atoms with E-state index in [-0.39, 0.29) is 43.2 Å². The van der Waals surface area contributed by atoms with Crippen LogP contribution in [-0.2, 0) is 9.59 Å². The van der Waals surface area contributed by atoms with Crippen LogP contribution >= 0.6 is 12.4 Å². The Balaban J connectivity index is 0.00000392. The number of aliphatic hydroxyl groups excluding tert-OH is 1. The van der Waals surface area contributed by atoms with Crippen molar-refractivity contribution >= 4 is 24.2 Å². The molecule has 1 fully saturated rings. The van der Waals surface area contributed by atoms with Gasteiger partial charge in [0.15, 0.2) is 0 Å². The second kappa shape index (κ2) is 9.37. The smallest absolute Gasteiger partial charge is 0.243 e. The lowest BCUT2D eigenvalue weighted by Gasteiger charge is -2.32. The molecule has 0 radical (unpaired) electrons. The Morgan fingerprint density at radius 2 is 1.89 bits per heavy atom. The molecule has 1 aliphatic rings. The predicted octanol–water partition coefficient (Wildman–Crippen LogP) is 1.49. The minimum atomic E-state index is -0.756. The molecule has 28 heavy (non-hydrogen) atoms. The molecule has 3 unspecified atom stereocenters. The van der Waals surface area contributed by atoms with Crippen molar-refractivity contribution in [1.29, 1.82) is 5.26 Å². The van der Waals surface area contributed by atoms with Crippen LogP contribution in [0.5, 0.6) is 0 Å². The number of carbonyl (C=O) groups excluding carboxylic acids is 2. The highest BCUT2D eigenvalue weighted by Gasteiger charge is 2.42. The number of carbonyl (C=O) groups is 2. The van der Waals surface area contributed by atoms with E-state index in [1.807, 2.05) is 27.7 Å². The molecule has 8 heteroatoms. The number of halogens is 1. The van der Waals surface area contributed by atoms with Crippen molar-refractivity contribution in [2.24, 2.45) is 11.1 Å². The lowest BCUT2D eigenvalue weighted by molar-refractivity contribution is -0.141. The zero-order chi connectivity index (χ0) is 20.4. The number of rotatable bonds is 4. The number of benzene rings is 1. The molecule has 0 aliphatic carbocycles. The summed E-state index contributed by atoms with van der Waals surface area (Å²) in [4.78, 5) is 26.9. The van der Waals surface area contributed by atoms with Gasteiger partial charge in [0.2, 0.25) is 11.8 Å². The SMILES string of the molecule is CC(NC(=O)C1CC(O)CN1C(=O)[C@@H](N)C(C)(C)C)c1ccc(C#N)cc1.Cl. The van der Waals surface area contributed by atoms with Gasteiger partial charge in [-0.1, -0.05) is 32.9 Å². The second-order valence-electron chi connectivity index (χ2n) is 8.20. The molecule has 1 aromatic rings. The predicted molar refractivity (Wildman–Crippen MR) is 109 cm³/mol. The molecule has 2 rings (SSSR count). The van der Waals surface area contributed by atoms with E-state index in [4.69, 9.17) is 11.0 Å². The summed E-state index contributed by atoms with van der Waals surface area (Å²) in [6.45, 7) is 7.53. The van der Waals surface area contributed by atoms with E-state index in [2.05, 4.69) is 11.4 Å². The number of aliphatic hydroxyl groups is 1. The molecule has 4 N–H and O–H groups in total. The maximum absolute atomic E-state index is 12.8. The van der Waals surface area contributed by atoms with Crippen LogP contribution in [0.1, 0.15) is 51.3 Å². The van der Waals surface area contributed by atoms with Gasteiger partial charge in [-0.25, -0.2) is 0 Å². The first-order valence-electron chi connectivity index (χ1n) is 9.09. The number of hydrogen-bond donors (Lipinski definition) is 3. The maximum atomic E-state index is 12.8. The molecule has 4 atom stereocenters. The topological polar surface area (TPSA) is 119 Å². The molecular weight excluding hydrogens is 380 g/mol. The fraction of sp³-hybridized carbons (Fsp3) is 0.550. The van der Waals surface area contributed by atoms with Gasteiger partial charge in [0.25, 0.3) is 0 Å². The van der Waals surface area contributed by atoms with Gasteiger partial charge in [0, 0.05) is 13.0 Å². The van der Waals surface area contributed by atoms with Crippen molar-refractivity contribution in [3.8, 4) is 6.07 Å².